The fourth-order valence-electron chi connectivity index (χ4n) is 5.16. The highest BCUT2D eigenvalue weighted by atomic mass is 35.5. The highest BCUT2D eigenvalue weighted by Gasteiger charge is 2.18. The summed E-state index contributed by atoms with van der Waals surface area (Å²) in [5.74, 6) is 1.26. The first-order valence-electron chi connectivity index (χ1n) is 13.9. The monoisotopic (exact) mass is 595 g/mol. The molecule has 0 radical (unpaired) electrons. The summed E-state index contributed by atoms with van der Waals surface area (Å²) in [6.07, 6.45) is 1.61. The number of ether oxygens (including phenoxy) is 1. The molecule has 0 atom stereocenters. The van der Waals surface area contributed by atoms with Gasteiger partial charge in [-0.2, -0.15) is 5.26 Å². The van der Waals surface area contributed by atoms with E-state index in [0.29, 0.717) is 27.8 Å². The average molecular weight is 596 g/mol. The number of para-hydroxylation sites is 1. The van der Waals surface area contributed by atoms with Crippen molar-refractivity contribution < 1.29 is 9.84 Å². The van der Waals surface area contributed by atoms with Crippen LogP contribution in [0.5, 0.6) is 11.5 Å². The van der Waals surface area contributed by atoms with Gasteiger partial charge in [0.15, 0.2) is 0 Å². The number of nitrogens with one attached hydrogen (secondary N) is 1. The van der Waals surface area contributed by atoms with Gasteiger partial charge in [0.1, 0.15) is 17.6 Å². The molecule has 9 heteroatoms. The predicted octanol–water partition coefficient (Wildman–Crippen LogP) is 7.13. The van der Waals surface area contributed by atoms with Crippen molar-refractivity contribution in [3.05, 3.63) is 99.8 Å². The number of rotatable bonds is 9. The van der Waals surface area contributed by atoms with Crippen LogP contribution in [0.2, 0.25) is 5.02 Å². The molecule has 1 fully saturated rings. The normalized spacial score (nSPS) is 14.1. The van der Waals surface area contributed by atoms with Crippen molar-refractivity contribution in [2.45, 2.75) is 6.54 Å². The average Bonchev–Trinajstić information content (AvgIpc) is 3.48. The molecule has 1 saturated heterocycles. The van der Waals surface area contributed by atoms with E-state index in [2.05, 4.69) is 49.7 Å². The predicted molar refractivity (Wildman–Crippen MR) is 170 cm³/mol. The second-order valence-corrected chi connectivity index (χ2v) is 11.6. The number of hydrogen-bond acceptors (Lipinski definition) is 8. The highest BCUT2D eigenvalue weighted by Crippen LogP contribution is 2.36. The maximum Gasteiger partial charge on any atom is 0.146 e. The molecule has 42 heavy (non-hydrogen) atoms. The number of aliphatic hydroxyl groups excluding tert-OH is 1. The van der Waals surface area contributed by atoms with E-state index < -0.39 is 0 Å². The summed E-state index contributed by atoms with van der Waals surface area (Å²) in [4.78, 5) is 10.7. The second kappa shape index (κ2) is 12.9. The smallest absolute Gasteiger partial charge is 0.146 e. The Labute approximate surface area is 254 Å². The Hall–Kier alpha value is -3.97. The molecule has 212 valence electrons. The van der Waals surface area contributed by atoms with Crippen molar-refractivity contribution in [1.29, 1.82) is 5.26 Å². The van der Waals surface area contributed by atoms with E-state index in [1.807, 2.05) is 48.5 Å². The van der Waals surface area contributed by atoms with Crippen molar-refractivity contribution in [2.75, 3.05) is 44.6 Å². The molecular weight excluding hydrogens is 566 g/mol. The molecule has 0 aliphatic carbocycles. The van der Waals surface area contributed by atoms with Gasteiger partial charge in [0.25, 0.3) is 0 Å². The van der Waals surface area contributed by atoms with Crippen molar-refractivity contribution in [2.24, 2.45) is 0 Å². The molecule has 1 aliphatic rings. The molecule has 1 aliphatic heterocycles. The third kappa shape index (κ3) is 6.41. The Morgan fingerprint density at radius 3 is 2.55 bits per heavy atom. The number of benzene rings is 3. The summed E-state index contributed by atoms with van der Waals surface area (Å²) in [5.41, 5.74) is 4.94. The lowest BCUT2D eigenvalue weighted by atomic mass is 10.0. The zero-order valence-corrected chi connectivity index (χ0v) is 24.5. The maximum absolute atomic E-state index is 9.84. The van der Waals surface area contributed by atoms with Gasteiger partial charge in [-0.15, -0.1) is 11.3 Å². The first-order chi connectivity index (χ1) is 20.6. The Morgan fingerprint density at radius 1 is 0.976 bits per heavy atom. The number of aromatic nitrogens is 1. The van der Waals surface area contributed by atoms with Crippen LogP contribution in [0.25, 0.3) is 22.0 Å². The van der Waals surface area contributed by atoms with Crippen LogP contribution in [0, 0.1) is 11.3 Å². The standard InChI is InChI=1S/C33H30ClN5O2S/c34-30-18-26(7-9-32(30)41-27-4-2-1-3-5-27)37-33-25(19-35)20-36-31-17-23(6-8-29(31)33)24-16-28(42-22-24)21-39-12-10-38(11-13-39)14-15-40/h1-9,16-18,20,22,40H,10-15,21H2,(H,36,37). The minimum atomic E-state index is 0.219. The molecule has 6 rings (SSSR count). The minimum Gasteiger partial charge on any atom is -0.456 e. The lowest BCUT2D eigenvalue weighted by molar-refractivity contribution is 0.109. The summed E-state index contributed by atoms with van der Waals surface area (Å²) in [6.45, 7) is 5.92. The number of aliphatic hydroxyl groups is 1. The number of nitrogens with zero attached hydrogens (tertiary/aromatic N) is 4. The van der Waals surface area contributed by atoms with Gasteiger partial charge in [-0.3, -0.25) is 14.8 Å². The lowest BCUT2D eigenvalue weighted by Gasteiger charge is -2.34. The molecule has 3 heterocycles. The van der Waals surface area contributed by atoms with Crippen LogP contribution >= 0.6 is 22.9 Å². The zero-order chi connectivity index (χ0) is 28.9. The van der Waals surface area contributed by atoms with Crippen LogP contribution in [0.3, 0.4) is 0 Å². The fraction of sp³-hybridized carbons (Fsp3) is 0.212. The largest absolute Gasteiger partial charge is 0.456 e. The van der Waals surface area contributed by atoms with E-state index in [-0.39, 0.29) is 6.61 Å². The number of halogens is 1. The minimum absolute atomic E-state index is 0.219. The number of anilines is 2. The maximum atomic E-state index is 9.84. The van der Waals surface area contributed by atoms with Gasteiger partial charge in [-0.1, -0.05) is 41.9 Å². The van der Waals surface area contributed by atoms with Crippen LogP contribution in [0.1, 0.15) is 10.4 Å². The summed E-state index contributed by atoms with van der Waals surface area (Å²) >= 11 is 8.33. The Bertz CT molecular complexity index is 1730. The second-order valence-electron chi connectivity index (χ2n) is 10.2. The van der Waals surface area contributed by atoms with Crippen LogP contribution < -0.4 is 10.1 Å². The third-order valence-electron chi connectivity index (χ3n) is 7.41. The van der Waals surface area contributed by atoms with Gasteiger partial charge >= 0.3 is 0 Å². The van der Waals surface area contributed by atoms with Crippen molar-refractivity contribution >= 4 is 45.2 Å². The van der Waals surface area contributed by atoms with E-state index in [1.165, 1.54) is 4.88 Å². The van der Waals surface area contributed by atoms with Gasteiger partial charge in [0.05, 0.1) is 28.4 Å². The molecule has 3 aromatic carbocycles. The number of nitriles is 1. The van der Waals surface area contributed by atoms with Gasteiger partial charge in [0, 0.05) is 61.4 Å². The Morgan fingerprint density at radius 2 is 1.79 bits per heavy atom. The Kier molecular flexibility index (Phi) is 8.65. The van der Waals surface area contributed by atoms with Gasteiger partial charge in [-0.25, -0.2) is 0 Å². The van der Waals surface area contributed by atoms with Crippen molar-refractivity contribution in [3.8, 4) is 28.7 Å². The SMILES string of the molecule is N#Cc1cnc2cc(-c3csc(CN4CCN(CCO)CC4)c3)ccc2c1Nc1ccc(Oc2ccccc2)c(Cl)c1. The van der Waals surface area contributed by atoms with Gasteiger partial charge < -0.3 is 15.2 Å². The molecular formula is C33H30ClN5O2S. The molecule has 0 bridgehead atoms. The summed E-state index contributed by atoms with van der Waals surface area (Å²) < 4.78 is 5.91. The molecule has 2 N–H and O–H groups in total. The first kappa shape index (κ1) is 28.2. The van der Waals surface area contributed by atoms with E-state index >= 15 is 0 Å². The number of piperazine rings is 1. The topological polar surface area (TPSA) is 84.7 Å². The van der Waals surface area contributed by atoms with Crippen LogP contribution in [0.15, 0.2) is 84.4 Å². The molecule has 7 nitrogen and oxygen atoms in total. The number of fused-ring (bicyclic) bond motifs is 1. The number of pyridine rings is 1. The summed E-state index contributed by atoms with van der Waals surface area (Å²) in [7, 11) is 0. The van der Waals surface area contributed by atoms with Crippen LogP contribution in [-0.2, 0) is 6.54 Å². The van der Waals surface area contributed by atoms with Gasteiger partial charge in [-0.05, 0) is 59.0 Å². The van der Waals surface area contributed by atoms with E-state index in [1.54, 1.807) is 23.6 Å². The molecule has 0 unspecified atom stereocenters. The van der Waals surface area contributed by atoms with Crippen molar-refractivity contribution in [1.82, 2.24) is 14.8 Å². The molecule has 5 aromatic rings. The summed E-state index contributed by atoms with van der Waals surface area (Å²) in [6, 6.07) is 25.7. The van der Waals surface area contributed by atoms with E-state index in [4.69, 9.17) is 16.3 Å². The first-order valence-corrected chi connectivity index (χ1v) is 15.1. The molecule has 0 saturated carbocycles. The summed E-state index contributed by atoms with van der Waals surface area (Å²) in [5, 5.41) is 25.9. The van der Waals surface area contributed by atoms with E-state index in [0.717, 1.165) is 67.0 Å². The lowest BCUT2D eigenvalue weighted by Crippen LogP contribution is -2.46. The molecule has 0 spiro atoms. The van der Waals surface area contributed by atoms with Crippen molar-refractivity contribution in [3.63, 3.8) is 0 Å². The molecule has 2 aromatic heterocycles. The highest BCUT2D eigenvalue weighted by molar-refractivity contribution is 7.10. The number of thiophene rings is 1. The van der Waals surface area contributed by atoms with Crippen LogP contribution in [-0.4, -0.2) is 59.2 Å². The number of hydrogen-bond donors (Lipinski definition) is 2. The Balaban J connectivity index is 1.20. The zero-order valence-electron chi connectivity index (χ0n) is 23.0. The quantitative estimate of drug-likeness (QED) is 0.187. The fourth-order valence-corrected chi connectivity index (χ4v) is 6.32. The van der Waals surface area contributed by atoms with E-state index in [9.17, 15) is 10.4 Å². The van der Waals surface area contributed by atoms with Crippen LogP contribution in [0.4, 0.5) is 11.4 Å². The van der Waals surface area contributed by atoms with Gasteiger partial charge in [0.2, 0.25) is 0 Å². The number of β-amino-alcohol motifs (C(OH)–C–C–N with tert-alkyl or cyclic N) is 1. The third-order valence-corrected chi connectivity index (χ3v) is 8.63. The molecule has 0 amide bonds.